The molecule has 2 nitrogen and oxygen atoms in total. The minimum Gasteiger partial charge on any atom is -0.464 e. The highest BCUT2D eigenvalue weighted by atomic mass is 19.3. The fraction of sp³-hybridized carbons (Fsp3) is 0.333. The Hall–Kier alpha value is -1.16. The number of aryl methyl sites for hydroxylation is 1. The van der Waals surface area contributed by atoms with Crippen LogP contribution in [0.15, 0.2) is 29.2 Å². The van der Waals surface area contributed by atoms with Gasteiger partial charge in [0.25, 0.3) is 5.92 Å². The molecule has 0 aliphatic rings. The summed E-state index contributed by atoms with van der Waals surface area (Å²) in [6, 6.07) is 1.57. The van der Waals surface area contributed by atoms with Gasteiger partial charge in [0, 0.05) is 0 Å². The molecule has 4 heteroatoms. The SMILES string of the molecule is C=CC(F)(F)C(N)c1ccc(C)o1. The van der Waals surface area contributed by atoms with Crippen molar-refractivity contribution in [3.05, 3.63) is 36.3 Å². The predicted octanol–water partition coefficient (Wildman–Crippen LogP) is 2.41. The fourth-order valence-electron chi connectivity index (χ4n) is 0.937. The molecule has 2 N–H and O–H groups in total. The molecule has 0 saturated heterocycles. The maximum Gasteiger partial charge on any atom is 0.288 e. The minimum absolute atomic E-state index is 0.0717. The number of rotatable bonds is 3. The molecule has 13 heavy (non-hydrogen) atoms. The average Bonchev–Trinajstić information content (AvgIpc) is 2.50. The van der Waals surface area contributed by atoms with Crippen molar-refractivity contribution >= 4 is 0 Å². The van der Waals surface area contributed by atoms with Crippen LogP contribution >= 0.6 is 0 Å². The van der Waals surface area contributed by atoms with Crippen molar-refractivity contribution in [1.82, 2.24) is 0 Å². The maximum absolute atomic E-state index is 12.9. The Labute approximate surface area is 75.0 Å². The second kappa shape index (κ2) is 3.30. The molecule has 1 unspecified atom stereocenters. The van der Waals surface area contributed by atoms with Crippen molar-refractivity contribution in [2.75, 3.05) is 0 Å². The first kappa shape index (κ1) is 9.92. The lowest BCUT2D eigenvalue weighted by Crippen LogP contribution is -2.30. The van der Waals surface area contributed by atoms with Gasteiger partial charge in [0.2, 0.25) is 0 Å². The molecule has 1 aromatic rings. The Kier molecular flexibility index (Phi) is 2.52. The molecule has 1 heterocycles. The molecule has 1 rings (SSSR count). The number of hydrogen-bond donors (Lipinski definition) is 1. The van der Waals surface area contributed by atoms with E-state index in [1.54, 1.807) is 13.0 Å². The second-order valence-corrected chi connectivity index (χ2v) is 2.80. The van der Waals surface area contributed by atoms with Crippen molar-refractivity contribution in [2.24, 2.45) is 5.73 Å². The lowest BCUT2D eigenvalue weighted by molar-refractivity contribution is 0.0189. The molecule has 0 aromatic carbocycles. The first-order valence-corrected chi connectivity index (χ1v) is 3.80. The Morgan fingerprint density at radius 2 is 2.23 bits per heavy atom. The van der Waals surface area contributed by atoms with E-state index in [1.165, 1.54) is 6.07 Å². The zero-order valence-corrected chi connectivity index (χ0v) is 7.26. The van der Waals surface area contributed by atoms with Gasteiger partial charge in [-0.15, -0.1) is 0 Å². The van der Waals surface area contributed by atoms with Crippen LogP contribution in [0.5, 0.6) is 0 Å². The van der Waals surface area contributed by atoms with E-state index >= 15 is 0 Å². The van der Waals surface area contributed by atoms with Crippen LogP contribution in [0.2, 0.25) is 0 Å². The first-order chi connectivity index (χ1) is 5.97. The van der Waals surface area contributed by atoms with Gasteiger partial charge in [-0.05, 0) is 25.1 Å². The van der Waals surface area contributed by atoms with Gasteiger partial charge in [0.15, 0.2) is 0 Å². The Morgan fingerprint density at radius 3 is 2.62 bits per heavy atom. The van der Waals surface area contributed by atoms with Gasteiger partial charge in [-0.25, -0.2) is 0 Å². The van der Waals surface area contributed by atoms with Crippen LogP contribution in [0.3, 0.4) is 0 Å². The van der Waals surface area contributed by atoms with Crippen LogP contribution in [-0.2, 0) is 0 Å². The molecule has 0 radical (unpaired) electrons. The molecular formula is C9H11F2NO. The summed E-state index contributed by atoms with van der Waals surface area (Å²) in [6.07, 6.45) is 0.523. The topological polar surface area (TPSA) is 39.2 Å². The van der Waals surface area contributed by atoms with Gasteiger partial charge in [-0.1, -0.05) is 6.58 Å². The van der Waals surface area contributed by atoms with E-state index in [0.29, 0.717) is 11.8 Å². The van der Waals surface area contributed by atoms with Crippen molar-refractivity contribution in [1.29, 1.82) is 0 Å². The van der Waals surface area contributed by atoms with E-state index in [2.05, 4.69) is 6.58 Å². The number of hydrogen-bond acceptors (Lipinski definition) is 2. The maximum atomic E-state index is 12.9. The Morgan fingerprint density at radius 1 is 1.62 bits per heavy atom. The molecule has 0 amide bonds. The van der Waals surface area contributed by atoms with Crippen molar-refractivity contribution in [2.45, 2.75) is 18.9 Å². The third-order valence-corrected chi connectivity index (χ3v) is 1.75. The smallest absolute Gasteiger partial charge is 0.288 e. The van der Waals surface area contributed by atoms with Crippen molar-refractivity contribution in [3.63, 3.8) is 0 Å². The highest BCUT2D eigenvalue weighted by Crippen LogP contribution is 2.30. The average molecular weight is 187 g/mol. The summed E-state index contributed by atoms with van der Waals surface area (Å²) < 4.78 is 30.9. The second-order valence-electron chi connectivity index (χ2n) is 2.80. The van der Waals surface area contributed by atoms with Crippen LogP contribution < -0.4 is 5.73 Å². The standard InChI is InChI=1S/C9H11F2NO/c1-3-9(10,11)8(12)7-5-4-6(2)13-7/h3-5,8H,1,12H2,2H3. The third kappa shape index (κ3) is 1.95. The van der Waals surface area contributed by atoms with E-state index in [9.17, 15) is 8.78 Å². The largest absolute Gasteiger partial charge is 0.464 e. The van der Waals surface area contributed by atoms with E-state index in [0.717, 1.165) is 0 Å². The summed E-state index contributed by atoms with van der Waals surface area (Å²) in [5, 5.41) is 0. The molecule has 1 aromatic heterocycles. The molecule has 0 bridgehead atoms. The predicted molar refractivity (Wildman–Crippen MR) is 45.5 cm³/mol. The quantitative estimate of drug-likeness (QED) is 0.738. The molecular weight excluding hydrogens is 176 g/mol. The first-order valence-electron chi connectivity index (χ1n) is 3.80. The van der Waals surface area contributed by atoms with Gasteiger partial charge in [0.1, 0.15) is 17.6 Å². The van der Waals surface area contributed by atoms with Crippen LogP contribution in [0.4, 0.5) is 8.78 Å². The van der Waals surface area contributed by atoms with Crippen molar-refractivity contribution < 1.29 is 13.2 Å². The molecule has 0 aliphatic heterocycles. The molecule has 0 fully saturated rings. The monoisotopic (exact) mass is 187 g/mol. The minimum atomic E-state index is -3.13. The molecule has 0 saturated carbocycles. The van der Waals surface area contributed by atoms with Crippen molar-refractivity contribution in [3.8, 4) is 0 Å². The summed E-state index contributed by atoms with van der Waals surface area (Å²) in [7, 11) is 0. The lowest BCUT2D eigenvalue weighted by atomic mass is 10.1. The highest BCUT2D eigenvalue weighted by molar-refractivity contribution is 5.14. The van der Waals surface area contributed by atoms with E-state index in [4.69, 9.17) is 10.2 Å². The summed E-state index contributed by atoms with van der Waals surface area (Å²) in [5.74, 6) is -2.50. The third-order valence-electron chi connectivity index (χ3n) is 1.75. The van der Waals surface area contributed by atoms with Gasteiger partial charge in [-0.3, -0.25) is 0 Å². The molecule has 72 valence electrons. The Bertz CT molecular complexity index is 306. The number of halogens is 2. The summed E-state index contributed by atoms with van der Waals surface area (Å²) in [6.45, 7) is 4.68. The van der Waals surface area contributed by atoms with Gasteiger partial charge >= 0.3 is 0 Å². The zero-order valence-electron chi connectivity index (χ0n) is 7.26. The van der Waals surface area contributed by atoms with Gasteiger partial charge in [-0.2, -0.15) is 8.78 Å². The van der Waals surface area contributed by atoms with Crippen LogP contribution in [0.1, 0.15) is 17.6 Å². The van der Waals surface area contributed by atoms with Crippen LogP contribution in [0, 0.1) is 6.92 Å². The highest BCUT2D eigenvalue weighted by Gasteiger charge is 2.36. The van der Waals surface area contributed by atoms with E-state index < -0.39 is 12.0 Å². The van der Waals surface area contributed by atoms with E-state index in [-0.39, 0.29) is 5.76 Å². The zero-order chi connectivity index (χ0) is 10.1. The lowest BCUT2D eigenvalue weighted by Gasteiger charge is -2.17. The molecule has 0 aliphatic carbocycles. The Balaban J connectivity index is 2.90. The molecule has 1 atom stereocenters. The van der Waals surface area contributed by atoms with Gasteiger partial charge in [0.05, 0.1) is 0 Å². The van der Waals surface area contributed by atoms with E-state index in [1.807, 2.05) is 0 Å². The summed E-state index contributed by atoms with van der Waals surface area (Å²) in [4.78, 5) is 0. The fourth-order valence-corrected chi connectivity index (χ4v) is 0.937. The summed E-state index contributed by atoms with van der Waals surface area (Å²) >= 11 is 0. The van der Waals surface area contributed by atoms with Crippen LogP contribution in [0.25, 0.3) is 0 Å². The normalized spacial score (nSPS) is 14.2. The number of alkyl halides is 2. The van der Waals surface area contributed by atoms with Gasteiger partial charge < -0.3 is 10.2 Å². The molecule has 0 spiro atoms. The number of furan rings is 1. The summed E-state index contributed by atoms with van der Waals surface area (Å²) in [5.41, 5.74) is 5.28. The van der Waals surface area contributed by atoms with Crippen LogP contribution in [-0.4, -0.2) is 5.92 Å². The number of nitrogens with two attached hydrogens (primary N) is 1.